The molecule has 4 nitrogen and oxygen atoms in total. The molecule has 1 aliphatic rings. The topological polar surface area (TPSA) is 57.6 Å². The van der Waals surface area contributed by atoms with E-state index in [0.29, 0.717) is 19.5 Å². The highest BCUT2D eigenvalue weighted by molar-refractivity contribution is 5.96. The fourth-order valence-electron chi connectivity index (χ4n) is 1.68. The largest absolute Gasteiger partial charge is 0.393 e. The van der Waals surface area contributed by atoms with Gasteiger partial charge in [0.2, 0.25) is 5.91 Å². The number of rotatable bonds is 2. The molecule has 14 heavy (non-hydrogen) atoms. The van der Waals surface area contributed by atoms with Gasteiger partial charge in [0.1, 0.15) is 5.78 Å². The number of carbonyl (C=O) groups is 2. The van der Waals surface area contributed by atoms with Crippen molar-refractivity contribution in [1.29, 1.82) is 0 Å². The van der Waals surface area contributed by atoms with Crippen LogP contribution in [-0.4, -0.2) is 40.9 Å². The lowest BCUT2D eigenvalue weighted by Gasteiger charge is -2.34. The fourth-order valence-corrected chi connectivity index (χ4v) is 1.68. The predicted molar refractivity (Wildman–Crippen MR) is 51.7 cm³/mol. The van der Waals surface area contributed by atoms with Crippen LogP contribution in [-0.2, 0) is 9.59 Å². The minimum atomic E-state index is -0.309. The summed E-state index contributed by atoms with van der Waals surface area (Å²) in [5.74, 6) is -0.107. The highest BCUT2D eigenvalue weighted by Crippen LogP contribution is 2.17. The first kappa shape index (κ1) is 11.2. The average Bonchev–Trinajstić information content (AvgIpc) is 2.08. The maximum absolute atomic E-state index is 11.5. The highest BCUT2D eigenvalue weighted by Gasteiger charge is 2.27. The van der Waals surface area contributed by atoms with E-state index in [2.05, 4.69) is 0 Å². The standard InChI is InChI=1S/C10H17NO3/c1-7-6-11(4-3-9(7)13)10(14)5-8(2)12/h7,9,13H,3-6H2,1-2H3. The minimum absolute atomic E-state index is 0.0111. The summed E-state index contributed by atoms with van der Waals surface area (Å²) in [5.41, 5.74) is 0. The number of aliphatic hydroxyl groups is 1. The van der Waals surface area contributed by atoms with Crippen LogP contribution in [0.25, 0.3) is 0 Å². The van der Waals surface area contributed by atoms with E-state index in [1.807, 2.05) is 6.92 Å². The number of carbonyl (C=O) groups excluding carboxylic acids is 2. The second-order valence-electron chi connectivity index (χ2n) is 4.05. The van der Waals surface area contributed by atoms with Crippen molar-refractivity contribution in [2.45, 2.75) is 32.8 Å². The van der Waals surface area contributed by atoms with E-state index in [1.165, 1.54) is 6.92 Å². The van der Waals surface area contributed by atoms with Crippen molar-refractivity contribution < 1.29 is 14.7 Å². The van der Waals surface area contributed by atoms with Gasteiger partial charge in [0.25, 0.3) is 0 Å². The molecule has 1 fully saturated rings. The second-order valence-corrected chi connectivity index (χ2v) is 4.05. The number of aliphatic hydroxyl groups excluding tert-OH is 1. The van der Waals surface area contributed by atoms with Crippen LogP contribution in [0.3, 0.4) is 0 Å². The lowest BCUT2D eigenvalue weighted by atomic mass is 9.96. The Morgan fingerprint density at radius 1 is 1.50 bits per heavy atom. The van der Waals surface area contributed by atoms with E-state index in [9.17, 15) is 14.7 Å². The van der Waals surface area contributed by atoms with Gasteiger partial charge in [-0.25, -0.2) is 0 Å². The van der Waals surface area contributed by atoms with E-state index in [-0.39, 0.29) is 30.1 Å². The number of nitrogens with zero attached hydrogens (tertiary/aromatic N) is 1. The summed E-state index contributed by atoms with van der Waals surface area (Å²) in [6.07, 6.45) is 0.296. The number of piperidine rings is 1. The molecule has 80 valence electrons. The molecule has 2 atom stereocenters. The van der Waals surface area contributed by atoms with Gasteiger partial charge in [-0.3, -0.25) is 9.59 Å². The summed E-state index contributed by atoms with van der Waals surface area (Å²) in [4.78, 5) is 23.9. The molecular formula is C10H17NO3. The Balaban J connectivity index is 2.46. The third-order valence-electron chi connectivity index (χ3n) is 2.61. The molecule has 0 saturated carbocycles. The van der Waals surface area contributed by atoms with Crippen LogP contribution >= 0.6 is 0 Å². The molecule has 1 rings (SSSR count). The molecule has 1 heterocycles. The average molecular weight is 199 g/mol. The molecule has 4 heteroatoms. The number of amides is 1. The monoisotopic (exact) mass is 199 g/mol. The van der Waals surface area contributed by atoms with E-state index in [1.54, 1.807) is 4.90 Å². The van der Waals surface area contributed by atoms with Crippen LogP contribution in [0.2, 0.25) is 0 Å². The Kier molecular flexibility index (Phi) is 3.63. The van der Waals surface area contributed by atoms with Crippen molar-refractivity contribution >= 4 is 11.7 Å². The molecule has 0 aromatic carbocycles. The zero-order valence-corrected chi connectivity index (χ0v) is 8.69. The molecule has 1 N–H and O–H groups in total. The lowest BCUT2D eigenvalue weighted by Crippen LogP contribution is -2.45. The number of Topliss-reactive ketones (excluding diaryl/α,β-unsaturated/α-hetero) is 1. The first-order valence-electron chi connectivity index (χ1n) is 4.96. The van der Waals surface area contributed by atoms with Gasteiger partial charge in [-0.05, 0) is 19.3 Å². The molecule has 0 bridgehead atoms. The Bertz CT molecular complexity index is 240. The van der Waals surface area contributed by atoms with E-state index < -0.39 is 0 Å². The molecule has 1 saturated heterocycles. The van der Waals surface area contributed by atoms with Gasteiger partial charge in [0.15, 0.2) is 0 Å². The SMILES string of the molecule is CC(=O)CC(=O)N1CCC(O)C(C)C1. The quantitative estimate of drug-likeness (QED) is 0.646. The van der Waals surface area contributed by atoms with Gasteiger partial charge in [-0.1, -0.05) is 6.92 Å². The number of likely N-dealkylation sites (tertiary alicyclic amines) is 1. The van der Waals surface area contributed by atoms with Crippen molar-refractivity contribution in [3.8, 4) is 0 Å². The van der Waals surface area contributed by atoms with Crippen molar-refractivity contribution in [2.24, 2.45) is 5.92 Å². The van der Waals surface area contributed by atoms with Gasteiger partial charge >= 0.3 is 0 Å². The van der Waals surface area contributed by atoms with Crippen LogP contribution < -0.4 is 0 Å². The van der Waals surface area contributed by atoms with Crippen molar-refractivity contribution in [1.82, 2.24) is 4.90 Å². The molecule has 0 aromatic rings. The summed E-state index contributed by atoms with van der Waals surface area (Å²) in [7, 11) is 0. The smallest absolute Gasteiger partial charge is 0.230 e. The molecule has 1 aliphatic heterocycles. The summed E-state index contributed by atoms with van der Waals surface area (Å²) >= 11 is 0. The predicted octanol–water partition coefficient (Wildman–Crippen LogP) is 0.195. The molecule has 0 aliphatic carbocycles. The Labute approximate surface area is 83.9 Å². The summed E-state index contributed by atoms with van der Waals surface area (Å²) in [6.45, 7) is 4.46. The number of ketones is 1. The van der Waals surface area contributed by atoms with Crippen molar-refractivity contribution in [3.05, 3.63) is 0 Å². The number of hydrogen-bond acceptors (Lipinski definition) is 3. The minimum Gasteiger partial charge on any atom is -0.393 e. The van der Waals surface area contributed by atoms with Crippen LogP contribution in [0.1, 0.15) is 26.7 Å². The summed E-state index contributed by atoms with van der Waals surface area (Å²) < 4.78 is 0. The highest BCUT2D eigenvalue weighted by atomic mass is 16.3. The third kappa shape index (κ3) is 2.80. The van der Waals surface area contributed by atoms with Crippen molar-refractivity contribution in [2.75, 3.05) is 13.1 Å². The number of hydrogen-bond donors (Lipinski definition) is 1. The zero-order chi connectivity index (χ0) is 10.7. The zero-order valence-electron chi connectivity index (χ0n) is 8.69. The van der Waals surface area contributed by atoms with Crippen LogP contribution in [0.15, 0.2) is 0 Å². The first-order chi connectivity index (χ1) is 6.50. The van der Waals surface area contributed by atoms with Crippen LogP contribution in [0.4, 0.5) is 0 Å². The first-order valence-corrected chi connectivity index (χ1v) is 4.96. The lowest BCUT2D eigenvalue weighted by molar-refractivity contribution is -0.137. The molecule has 1 amide bonds. The second kappa shape index (κ2) is 4.55. The van der Waals surface area contributed by atoms with E-state index >= 15 is 0 Å². The maximum Gasteiger partial charge on any atom is 0.230 e. The maximum atomic E-state index is 11.5. The van der Waals surface area contributed by atoms with Gasteiger partial charge < -0.3 is 10.0 Å². The van der Waals surface area contributed by atoms with Gasteiger partial charge in [0, 0.05) is 13.1 Å². The fraction of sp³-hybridized carbons (Fsp3) is 0.800. The molecule has 0 aromatic heterocycles. The molecule has 0 radical (unpaired) electrons. The van der Waals surface area contributed by atoms with Gasteiger partial charge in [-0.2, -0.15) is 0 Å². The summed E-state index contributed by atoms with van der Waals surface area (Å²) in [5, 5.41) is 9.45. The summed E-state index contributed by atoms with van der Waals surface area (Å²) in [6, 6.07) is 0. The normalized spacial score (nSPS) is 27.5. The van der Waals surface area contributed by atoms with Crippen LogP contribution in [0, 0.1) is 5.92 Å². The van der Waals surface area contributed by atoms with Crippen LogP contribution in [0.5, 0.6) is 0 Å². The molecule has 0 spiro atoms. The Morgan fingerprint density at radius 2 is 2.14 bits per heavy atom. The molecule has 2 unspecified atom stereocenters. The van der Waals surface area contributed by atoms with Gasteiger partial charge in [0.05, 0.1) is 12.5 Å². The van der Waals surface area contributed by atoms with Crippen molar-refractivity contribution in [3.63, 3.8) is 0 Å². The van der Waals surface area contributed by atoms with E-state index in [0.717, 1.165) is 0 Å². The third-order valence-corrected chi connectivity index (χ3v) is 2.61. The Morgan fingerprint density at radius 3 is 2.64 bits per heavy atom. The van der Waals surface area contributed by atoms with E-state index in [4.69, 9.17) is 0 Å². The molecular weight excluding hydrogens is 182 g/mol. The van der Waals surface area contributed by atoms with Gasteiger partial charge in [-0.15, -0.1) is 0 Å². The Hall–Kier alpha value is -0.900.